The maximum absolute atomic E-state index is 16.3. The number of nitrogens with one attached hydrogen (secondary N) is 2. The molecule has 0 aliphatic carbocycles. The van der Waals surface area contributed by atoms with Crippen LogP contribution in [0.4, 0.5) is 14.5 Å². The number of anilines is 1. The summed E-state index contributed by atoms with van der Waals surface area (Å²) < 4.78 is 48.6. The van der Waals surface area contributed by atoms with Crippen molar-refractivity contribution in [1.82, 2.24) is 34.4 Å². The Labute approximate surface area is 360 Å². The van der Waals surface area contributed by atoms with Gasteiger partial charge >= 0.3 is 11.7 Å². The van der Waals surface area contributed by atoms with Gasteiger partial charge in [-0.1, -0.05) is 62.4 Å². The standard InChI is InChI=1S/C46H44F2N8O5S/c1-5-32(6-2)61-45(58)39(20-28-12-17-42(52-23-28)56-44(57)34-18-19-49-26-40(34)55(3)46(56)59)53-43(30-10-8-7-9-11-30)35-21-37(48)38(22-36(35)47)54-62-33-15-13-29(14-16-33)31-24-50-41(27-60-4)51-25-31/h7-19,21-26,32,39,43,53-54H,5-6,20,27H2,1-4H3/t39-,43?/m0/s1. The molecule has 3 aromatic carbocycles. The molecule has 0 aliphatic heterocycles. The number of pyridine rings is 2. The van der Waals surface area contributed by atoms with E-state index >= 15 is 8.78 Å². The molecule has 0 saturated heterocycles. The van der Waals surface area contributed by atoms with Crippen LogP contribution in [-0.4, -0.2) is 54.3 Å². The largest absolute Gasteiger partial charge is 0.461 e. The first-order chi connectivity index (χ1) is 30.1. The molecular weight excluding hydrogens is 815 g/mol. The van der Waals surface area contributed by atoms with Crippen LogP contribution in [0.2, 0.25) is 0 Å². The number of halogens is 2. The van der Waals surface area contributed by atoms with Gasteiger partial charge in [0.25, 0.3) is 5.56 Å². The quantitative estimate of drug-likeness (QED) is 0.0688. The number of fused-ring (bicyclic) bond motifs is 1. The molecule has 2 atom stereocenters. The zero-order chi connectivity index (χ0) is 43.8. The van der Waals surface area contributed by atoms with Crippen molar-refractivity contribution < 1.29 is 23.0 Å². The van der Waals surface area contributed by atoms with Gasteiger partial charge in [0, 0.05) is 61.0 Å². The van der Waals surface area contributed by atoms with E-state index in [1.54, 1.807) is 62.9 Å². The van der Waals surface area contributed by atoms with Crippen LogP contribution in [0, 0.1) is 11.6 Å². The Hall–Kier alpha value is -6.62. The number of nitrogens with zero attached hydrogens (tertiary/aromatic N) is 6. The summed E-state index contributed by atoms with van der Waals surface area (Å²) in [4.78, 5) is 58.5. The van der Waals surface area contributed by atoms with E-state index in [0.29, 0.717) is 47.3 Å². The molecule has 62 heavy (non-hydrogen) atoms. The van der Waals surface area contributed by atoms with Gasteiger partial charge in [-0.2, -0.15) is 0 Å². The van der Waals surface area contributed by atoms with Gasteiger partial charge in [0.05, 0.1) is 28.8 Å². The molecule has 0 saturated carbocycles. The lowest BCUT2D eigenvalue weighted by Crippen LogP contribution is -2.43. The smallest absolute Gasteiger partial charge is 0.337 e. The van der Waals surface area contributed by atoms with Crippen LogP contribution in [0.15, 0.2) is 130 Å². The molecule has 4 aromatic heterocycles. The van der Waals surface area contributed by atoms with E-state index in [9.17, 15) is 14.4 Å². The zero-order valence-electron chi connectivity index (χ0n) is 34.4. The van der Waals surface area contributed by atoms with E-state index < -0.39 is 40.9 Å². The lowest BCUT2D eigenvalue weighted by molar-refractivity contribution is -0.152. The fraction of sp³-hybridized carbons (Fsp3) is 0.239. The van der Waals surface area contributed by atoms with Crippen molar-refractivity contribution in [2.75, 3.05) is 11.8 Å². The van der Waals surface area contributed by atoms with Crippen molar-refractivity contribution >= 4 is 34.5 Å². The van der Waals surface area contributed by atoms with Crippen molar-refractivity contribution in [2.24, 2.45) is 7.05 Å². The molecular formula is C46H44F2N8O5S. The van der Waals surface area contributed by atoms with E-state index in [1.165, 1.54) is 35.3 Å². The van der Waals surface area contributed by atoms with Gasteiger partial charge in [-0.15, -0.1) is 0 Å². The second kappa shape index (κ2) is 19.8. The minimum Gasteiger partial charge on any atom is -0.461 e. The zero-order valence-corrected chi connectivity index (χ0v) is 35.2. The minimum absolute atomic E-state index is 0.0250. The van der Waals surface area contributed by atoms with Crippen LogP contribution in [0.5, 0.6) is 0 Å². The number of aryl methyl sites for hydroxylation is 1. The summed E-state index contributed by atoms with van der Waals surface area (Å²) in [5.41, 5.74) is 1.98. The Morgan fingerprint density at radius 2 is 1.60 bits per heavy atom. The van der Waals surface area contributed by atoms with Crippen LogP contribution in [0.25, 0.3) is 27.8 Å². The molecule has 13 nitrogen and oxygen atoms in total. The molecule has 16 heteroatoms. The van der Waals surface area contributed by atoms with Crippen LogP contribution in [-0.2, 0) is 34.3 Å². The number of hydrogen-bond donors (Lipinski definition) is 2. The van der Waals surface area contributed by atoms with Gasteiger partial charge in [-0.25, -0.2) is 33.1 Å². The highest BCUT2D eigenvalue weighted by molar-refractivity contribution is 8.00. The maximum Gasteiger partial charge on any atom is 0.337 e. The number of carbonyl (C=O) groups is 1. The first-order valence-corrected chi connectivity index (χ1v) is 20.7. The highest BCUT2D eigenvalue weighted by atomic mass is 32.2. The third-order valence-electron chi connectivity index (χ3n) is 10.4. The molecule has 0 bridgehead atoms. The molecule has 4 heterocycles. The van der Waals surface area contributed by atoms with E-state index in [1.807, 2.05) is 38.1 Å². The molecule has 0 aliphatic rings. The van der Waals surface area contributed by atoms with Crippen LogP contribution >= 0.6 is 11.9 Å². The van der Waals surface area contributed by atoms with Gasteiger partial charge in [0.1, 0.15) is 36.2 Å². The van der Waals surface area contributed by atoms with Gasteiger partial charge in [-0.3, -0.25) is 24.5 Å². The Balaban J connectivity index is 1.14. The Morgan fingerprint density at radius 1 is 0.855 bits per heavy atom. The van der Waals surface area contributed by atoms with E-state index in [0.717, 1.165) is 44.7 Å². The van der Waals surface area contributed by atoms with E-state index in [4.69, 9.17) is 9.47 Å². The van der Waals surface area contributed by atoms with Crippen LogP contribution in [0.3, 0.4) is 0 Å². The topological polar surface area (TPSA) is 155 Å². The predicted octanol–water partition coefficient (Wildman–Crippen LogP) is 7.50. The summed E-state index contributed by atoms with van der Waals surface area (Å²) in [5.74, 6) is -1.34. The molecule has 318 valence electrons. The molecule has 2 N–H and O–H groups in total. The average Bonchev–Trinajstić information content (AvgIpc) is 3.30. The lowest BCUT2D eigenvalue weighted by atomic mass is 9.95. The normalized spacial score (nSPS) is 12.4. The molecule has 0 amide bonds. The van der Waals surface area contributed by atoms with Crippen molar-refractivity contribution in [3.8, 4) is 16.9 Å². The second-order valence-electron chi connectivity index (χ2n) is 14.4. The molecule has 0 radical (unpaired) electrons. The Morgan fingerprint density at radius 3 is 2.27 bits per heavy atom. The Bertz CT molecular complexity index is 2770. The monoisotopic (exact) mass is 858 g/mol. The summed E-state index contributed by atoms with van der Waals surface area (Å²) in [5, 5.41) is 3.58. The van der Waals surface area contributed by atoms with Crippen molar-refractivity contribution in [2.45, 2.75) is 62.8 Å². The average molecular weight is 859 g/mol. The highest BCUT2D eigenvalue weighted by Crippen LogP contribution is 2.32. The summed E-state index contributed by atoms with van der Waals surface area (Å²) in [6.45, 7) is 4.14. The predicted molar refractivity (Wildman–Crippen MR) is 234 cm³/mol. The fourth-order valence-corrected chi connectivity index (χ4v) is 7.58. The second-order valence-corrected chi connectivity index (χ2v) is 15.3. The van der Waals surface area contributed by atoms with Crippen molar-refractivity contribution in [3.05, 3.63) is 171 Å². The number of hydrogen-bond acceptors (Lipinski definition) is 12. The number of rotatable bonds is 17. The minimum atomic E-state index is -1.06. The SMILES string of the molecule is CCC(CC)OC(=O)[C@H](Cc1ccc(-n2c(=O)c3ccncc3n(C)c2=O)nc1)NC(c1ccccc1)c1cc(F)c(NSc2ccc(-c3cnc(COC)nc3)cc2)cc1F. The lowest BCUT2D eigenvalue weighted by Gasteiger charge is -2.28. The van der Waals surface area contributed by atoms with Gasteiger partial charge < -0.3 is 14.2 Å². The fourth-order valence-electron chi connectivity index (χ4n) is 6.92. The summed E-state index contributed by atoms with van der Waals surface area (Å²) in [7, 11) is 3.12. The van der Waals surface area contributed by atoms with Crippen molar-refractivity contribution in [1.29, 1.82) is 0 Å². The van der Waals surface area contributed by atoms with Crippen LogP contribution in [0.1, 0.15) is 55.2 Å². The number of methoxy groups -OCH3 is 1. The van der Waals surface area contributed by atoms with Gasteiger partial charge in [0.2, 0.25) is 0 Å². The first kappa shape index (κ1) is 43.5. The third-order valence-corrected chi connectivity index (χ3v) is 11.2. The highest BCUT2D eigenvalue weighted by Gasteiger charge is 2.30. The number of ether oxygens (including phenoxy) is 2. The third kappa shape index (κ3) is 9.78. The van der Waals surface area contributed by atoms with Crippen molar-refractivity contribution in [3.63, 3.8) is 0 Å². The Kier molecular flexibility index (Phi) is 13.9. The number of esters is 1. The van der Waals surface area contributed by atoms with Crippen LogP contribution < -0.4 is 21.3 Å². The van der Waals surface area contributed by atoms with Gasteiger partial charge in [0.15, 0.2) is 5.82 Å². The number of benzene rings is 3. The van der Waals surface area contributed by atoms with E-state index in [-0.39, 0.29) is 29.6 Å². The summed E-state index contributed by atoms with van der Waals surface area (Å²) in [6, 6.07) is 21.2. The maximum atomic E-state index is 16.3. The number of carbonyl (C=O) groups excluding carboxylic acids is 1. The first-order valence-electron chi connectivity index (χ1n) is 19.9. The number of aromatic nitrogens is 6. The summed E-state index contributed by atoms with van der Waals surface area (Å²) in [6.07, 6.45) is 8.63. The molecule has 0 spiro atoms. The molecule has 1 unspecified atom stereocenters. The molecule has 7 rings (SSSR count). The summed E-state index contributed by atoms with van der Waals surface area (Å²) >= 11 is 1.12. The molecule has 7 aromatic rings. The van der Waals surface area contributed by atoms with Gasteiger partial charge in [-0.05, 0) is 78.2 Å². The molecule has 0 fully saturated rings. The van der Waals surface area contributed by atoms with E-state index in [2.05, 4.69) is 30.0 Å².